The van der Waals surface area contributed by atoms with Crippen molar-refractivity contribution in [2.75, 3.05) is 6.61 Å². The van der Waals surface area contributed by atoms with E-state index < -0.39 is 0 Å². The van der Waals surface area contributed by atoms with Crippen molar-refractivity contribution < 1.29 is 9.53 Å². The number of hydrogen-bond acceptors (Lipinski definition) is 2. The van der Waals surface area contributed by atoms with E-state index in [-0.39, 0.29) is 11.9 Å². The molecule has 2 unspecified atom stereocenters. The fourth-order valence-corrected chi connectivity index (χ4v) is 2.24. The van der Waals surface area contributed by atoms with Crippen LogP contribution in [0.4, 0.5) is 0 Å². The van der Waals surface area contributed by atoms with Crippen LogP contribution in [0.25, 0.3) is 0 Å². The third-order valence-corrected chi connectivity index (χ3v) is 3.40. The molecule has 1 aliphatic rings. The maximum absolute atomic E-state index is 12.0. The first kappa shape index (κ1) is 11.6. The molecular weight excluding hydrogens is 224 g/mol. The van der Waals surface area contributed by atoms with Gasteiger partial charge >= 0.3 is 0 Å². The maximum Gasteiger partial charge on any atom is 0.166 e. The second-order valence-electron chi connectivity index (χ2n) is 4.29. The molecule has 16 heavy (non-hydrogen) atoms. The molecule has 0 radical (unpaired) electrons. The van der Waals surface area contributed by atoms with Crippen LogP contribution in [0.3, 0.4) is 0 Å². The van der Waals surface area contributed by atoms with Crippen molar-refractivity contribution in [1.82, 2.24) is 0 Å². The van der Waals surface area contributed by atoms with Crippen LogP contribution in [0.15, 0.2) is 24.3 Å². The number of halogens is 1. The third-order valence-electron chi connectivity index (χ3n) is 3.03. The van der Waals surface area contributed by atoms with Gasteiger partial charge in [0.1, 0.15) is 6.10 Å². The van der Waals surface area contributed by atoms with Gasteiger partial charge in [-0.15, -0.1) is 0 Å². The van der Waals surface area contributed by atoms with Gasteiger partial charge in [-0.25, -0.2) is 0 Å². The zero-order chi connectivity index (χ0) is 11.5. The van der Waals surface area contributed by atoms with E-state index in [0.29, 0.717) is 24.0 Å². The lowest BCUT2D eigenvalue weighted by Gasteiger charge is -2.13. The summed E-state index contributed by atoms with van der Waals surface area (Å²) >= 11 is 6.02. The molecule has 1 aliphatic heterocycles. The minimum absolute atomic E-state index is 0.137. The molecule has 2 rings (SSSR count). The van der Waals surface area contributed by atoms with Crippen LogP contribution in [0.1, 0.15) is 18.9 Å². The monoisotopic (exact) mass is 238 g/mol. The van der Waals surface area contributed by atoms with E-state index in [1.54, 1.807) is 0 Å². The van der Waals surface area contributed by atoms with Crippen LogP contribution in [0, 0.1) is 5.92 Å². The predicted octanol–water partition coefficient (Wildman–Crippen LogP) is 2.88. The second kappa shape index (κ2) is 4.98. The molecule has 1 fully saturated rings. The Balaban J connectivity index is 2.05. The Bertz CT molecular complexity index is 389. The number of carbonyl (C=O) groups is 1. The topological polar surface area (TPSA) is 26.3 Å². The molecule has 1 saturated heterocycles. The van der Waals surface area contributed by atoms with E-state index in [1.807, 2.05) is 24.3 Å². The number of hydrogen-bond donors (Lipinski definition) is 0. The molecule has 2 atom stereocenters. The summed E-state index contributed by atoms with van der Waals surface area (Å²) < 4.78 is 5.45. The summed E-state index contributed by atoms with van der Waals surface area (Å²) in [5.74, 6) is 0.466. The van der Waals surface area contributed by atoms with E-state index in [2.05, 4.69) is 6.92 Å². The van der Waals surface area contributed by atoms with Crippen LogP contribution in [0.5, 0.6) is 0 Å². The Kier molecular flexibility index (Phi) is 3.62. The van der Waals surface area contributed by atoms with E-state index in [4.69, 9.17) is 16.3 Å². The fraction of sp³-hybridized carbons (Fsp3) is 0.462. The first-order chi connectivity index (χ1) is 7.68. The highest BCUT2D eigenvalue weighted by Gasteiger charge is 2.30. The van der Waals surface area contributed by atoms with Gasteiger partial charge in [-0.2, -0.15) is 0 Å². The molecular formula is C13H15ClO2. The molecule has 0 spiro atoms. The van der Waals surface area contributed by atoms with Gasteiger partial charge in [0.05, 0.1) is 0 Å². The zero-order valence-electron chi connectivity index (χ0n) is 9.28. The predicted molar refractivity (Wildman–Crippen MR) is 63.7 cm³/mol. The van der Waals surface area contributed by atoms with Crippen LogP contribution in [-0.2, 0) is 16.0 Å². The van der Waals surface area contributed by atoms with Gasteiger partial charge in [0.25, 0.3) is 0 Å². The van der Waals surface area contributed by atoms with Crippen molar-refractivity contribution in [2.24, 2.45) is 5.92 Å². The highest BCUT2D eigenvalue weighted by atomic mass is 35.5. The van der Waals surface area contributed by atoms with Crippen LogP contribution in [0.2, 0.25) is 5.02 Å². The third kappa shape index (κ3) is 2.45. The second-order valence-corrected chi connectivity index (χ2v) is 4.70. The number of ether oxygens (including phenoxy) is 1. The Morgan fingerprint density at radius 3 is 2.88 bits per heavy atom. The largest absolute Gasteiger partial charge is 0.370 e. The first-order valence-electron chi connectivity index (χ1n) is 5.56. The van der Waals surface area contributed by atoms with Gasteiger partial charge < -0.3 is 4.74 Å². The number of rotatable bonds is 3. The summed E-state index contributed by atoms with van der Waals surface area (Å²) in [6.07, 6.45) is 1.10. The maximum atomic E-state index is 12.0. The quantitative estimate of drug-likeness (QED) is 0.810. The molecule has 0 N–H and O–H groups in total. The SMILES string of the molecule is CC1CCOC1C(=O)Cc1ccccc1Cl. The lowest BCUT2D eigenvalue weighted by molar-refractivity contribution is -0.128. The number of carbonyl (C=O) groups excluding carboxylic acids is 1. The summed E-state index contributed by atoms with van der Waals surface area (Å²) in [5.41, 5.74) is 0.886. The number of ketones is 1. The van der Waals surface area contributed by atoms with Gasteiger partial charge in [-0.1, -0.05) is 36.7 Å². The van der Waals surface area contributed by atoms with Gasteiger partial charge in [0.15, 0.2) is 5.78 Å². The summed E-state index contributed by atoms with van der Waals surface area (Å²) in [6, 6.07) is 7.46. The molecule has 0 bridgehead atoms. The molecule has 0 amide bonds. The van der Waals surface area contributed by atoms with E-state index >= 15 is 0 Å². The minimum atomic E-state index is -0.240. The molecule has 1 aromatic carbocycles. The summed E-state index contributed by atoms with van der Waals surface area (Å²) in [6.45, 7) is 2.75. The van der Waals surface area contributed by atoms with Crippen molar-refractivity contribution in [1.29, 1.82) is 0 Å². The Labute approximate surface area is 101 Å². The summed E-state index contributed by atoms with van der Waals surface area (Å²) in [4.78, 5) is 12.0. The molecule has 1 heterocycles. The van der Waals surface area contributed by atoms with E-state index in [9.17, 15) is 4.79 Å². The highest BCUT2D eigenvalue weighted by molar-refractivity contribution is 6.31. The van der Waals surface area contributed by atoms with Crippen molar-refractivity contribution in [3.8, 4) is 0 Å². The summed E-state index contributed by atoms with van der Waals surface area (Å²) in [5, 5.41) is 0.654. The smallest absolute Gasteiger partial charge is 0.166 e. The fourth-order valence-electron chi connectivity index (χ4n) is 2.04. The van der Waals surface area contributed by atoms with Crippen molar-refractivity contribution in [3.05, 3.63) is 34.9 Å². The van der Waals surface area contributed by atoms with Crippen LogP contribution < -0.4 is 0 Å². The lowest BCUT2D eigenvalue weighted by atomic mass is 9.96. The van der Waals surface area contributed by atoms with Crippen LogP contribution >= 0.6 is 11.6 Å². The molecule has 2 nitrogen and oxygen atoms in total. The van der Waals surface area contributed by atoms with E-state index in [1.165, 1.54) is 0 Å². The van der Waals surface area contributed by atoms with Gasteiger partial charge in [0, 0.05) is 18.1 Å². The minimum Gasteiger partial charge on any atom is -0.370 e. The number of benzene rings is 1. The number of Topliss-reactive ketones (excluding diaryl/α,β-unsaturated/α-hetero) is 1. The Hall–Kier alpha value is -0.860. The van der Waals surface area contributed by atoms with Gasteiger partial charge in [-0.05, 0) is 24.0 Å². The lowest BCUT2D eigenvalue weighted by Crippen LogP contribution is -2.26. The van der Waals surface area contributed by atoms with Crippen molar-refractivity contribution >= 4 is 17.4 Å². The van der Waals surface area contributed by atoms with E-state index in [0.717, 1.165) is 12.0 Å². The first-order valence-corrected chi connectivity index (χ1v) is 5.94. The zero-order valence-corrected chi connectivity index (χ0v) is 10.0. The summed E-state index contributed by atoms with van der Waals surface area (Å²) in [7, 11) is 0. The van der Waals surface area contributed by atoms with Crippen molar-refractivity contribution in [2.45, 2.75) is 25.9 Å². The van der Waals surface area contributed by atoms with Gasteiger partial charge in [-0.3, -0.25) is 4.79 Å². The van der Waals surface area contributed by atoms with Gasteiger partial charge in [0.2, 0.25) is 0 Å². The Morgan fingerprint density at radius 2 is 2.25 bits per heavy atom. The molecule has 86 valence electrons. The van der Waals surface area contributed by atoms with Crippen molar-refractivity contribution in [3.63, 3.8) is 0 Å². The molecule has 0 saturated carbocycles. The van der Waals surface area contributed by atoms with Crippen LogP contribution in [-0.4, -0.2) is 18.5 Å². The average molecular weight is 239 g/mol. The molecule has 3 heteroatoms. The molecule has 0 aliphatic carbocycles. The normalized spacial score (nSPS) is 24.6. The average Bonchev–Trinajstić information content (AvgIpc) is 2.68. The molecule has 1 aromatic rings. The standard InChI is InChI=1S/C13H15ClO2/c1-9-6-7-16-13(9)12(15)8-10-4-2-3-5-11(10)14/h2-5,9,13H,6-8H2,1H3. The molecule has 0 aromatic heterocycles. The highest BCUT2D eigenvalue weighted by Crippen LogP contribution is 2.23. The Morgan fingerprint density at radius 1 is 1.50 bits per heavy atom.